The fourth-order valence-electron chi connectivity index (χ4n) is 3.54. The molecule has 0 unspecified atom stereocenters. The van der Waals surface area contributed by atoms with Gasteiger partial charge in [0.1, 0.15) is 0 Å². The van der Waals surface area contributed by atoms with Crippen LogP contribution in [-0.4, -0.2) is 53.6 Å². The molecule has 5 nitrogen and oxygen atoms in total. The van der Waals surface area contributed by atoms with E-state index in [2.05, 4.69) is 46.3 Å². The first-order valence-electron chi connectivity index (χ1n) is 9.70. The Morgan fingerprint density at radius 3 is 2.37 bits per heavy atom. The minimum Gasteiger partial charge on any atom is -0.478 e. The molecule has 2 aromatic carbocycles. The van der Waals surface area contributed by atoms with Gasteiger partial charge >= 0.3 is 5.97 Å². The zero-order valence-corrected chi connectivity index (χ0v) is 16.0. The summed E-state index contributed by atoms with van der Waals surface area (Å²) in [5.74, 6) is -0.884. The first-order valence-corrected chi connectivity index (χ1v) is 9.70. The van der Waals surface area contributed by atoms with Crippen LogP contribution in [0, 0.1) is 0 Å². The van der Waals surface area contributed by atoms with Crippen LogP contribution in [0.15, 0.2) is 48.5 Å². The van der Waals surface area contributed by atoms with Gasteiger partial charge in [0.25, 0.3) is 0 Å². The molecule has 1 aliphatic heterocycles. The predicted octanol–water partition coefficient (Wildman–Crippen LogP) is 2.81. The standard InChI is InChI=1S/C22H29N3O2/c1-2-24-10-12-25(13-11-24)17-21-8-4-3-7-20(21)16-23-15-18-6-5-9-19(14-18)22(26)27/h3-9,14,23H,2,10-13,15-17H2,1H3,(H,26,27). The highest BCUT2D eigenvalue weighted by Gasteiger charge is 2.16. The number of benzene rings is 2. The van der Waals surface area contributed by atoms with Crippen molar-refractivity contribution in [3.63, 3.8) is 0 Å². The molecule has 2 aromatic rings. The second kappa shape index (κ2) is 9.65. The molecule has 1 fully saturated rings. The van der Waals surface area contributed by atoms with Crippen molar-refractivity contribution >= 4 is 5.97 Å². The topological polar surface area (TPSA) is 55.8 Å². The summed E-state index contributed by atoms with van der Waals surface area (Å²) in [6.07, 6.45) is 0. The Bertz CT molecular complexity index is 755. The number of hydrogen-bond donors (Lipinski definition) is 2. The van der Waals surface area contributed by atoms with Crippen LogP contribution in [-0.2, 0) is 19.6 Å². The molecule has 0 bridgehead atoms. The fourth-order valence-corrected chi connectivity index (χ4v) is 3.54. The molecule has 0 radical (unpaired) electrons. The number of rotatable bonds is 8. The summed E-state index contributed by atoms with van der Waals surface area (Å²) < 4.78 is 0. The lowest BCUT2D eigenvalue weighted by molar-refractivity contribution is 0.0696. The number of likely N-dealkylation sites (N-methyl/N-ethyl adjacent to an activating group) is 1. The molecular weight excluding hydrogens is 338 g/mol. The van der Waals surface area contributed by atoms with Crippen LogP contribution in [0.25, 0.3) is 0 Å². The van der Waals surface area contributed by atoms with Gasteiger partial charge in [-0.3, -0.25) is 4.90 Å². The summed E-state index contributed by atoms with van der Waals surface area (Å²) in [7, 11) is 0. The van der Waals surface area contributed by atoms with Gasteiger partial charge in [0, 0.05) is 45.8 Å². The minimum absolute atomic E-state index is 0.334. The molecule has 1 aliphatic rings. The summed E-state index contributed by atoms with van der Waals surface area (Å²) >= 11 is 0. The van der Waals surface area contributed by atoms with E-state index in [1.54, 1.807) is 18.2 Å². The number of hydrogen-bond acceptors (Lipinski definition) is 4. The lowest BCUT2D eigenvalue weighted by Gasteiger charge is -2.34. The number of nitrogens with one attached hydrogen (secondary N) is 1. The van der Waals surface area contributed by atoms with Gasteiger partial charge in [0.15, 0.2) is 0 Å². The van der Waals surface area contributed by atoms with Crippen LogP contribution in [0.5, 0.6) is 0 Å². The molecule has 1 saturated heterocycles. The Morgan fingerprint density at radius 1 is 0.963 bits per heavy atom. The van der Waals surface area contributed by atoms with Crippen molar-refractivity contribution in [2.24, 2.45) is 0 Å². The molecule has 27 heavy (non-hydrogen) atoms. The van der Waals surface area contributed by atoms with Gasteiger partial charge in [-0.1, -0.05) is 43.3 Å². The quantitative estimate of drug-likeness (QED) is 0.751. The summed E-state index contributed by atoms with van der Waals surface area (Å²) in [5, 5.41) is 12.6. The monoisotopic (exact) mass is 367 g/mol. The van der Waals surface area contributed by atoms with E-state index in [9.17, 15) is 4.79 Å². The highest BCUT2D eigenvalue weighted by atomic mass is 16.4. The lowest BCUT2D eigenvalue weighted by atomic mass is 10.1. The van der Waals surface area contributed by atoms with Crippen LogP contribution in [0.2, 0.25) is 0 Å². The Hall–Kier alpha value is -2.21. The Morgan fingerprint density at radius 2 is 1.67 bits per heavy atom. The Kier molecular flexibility index (Phi) is 6.98. The van der Waals surface area contributed by atoms with E-state index < -0.39 is 5.97 Å². The van der Waals surface area contributed by atoms with Crippen LogP contribution in [0.1, 0.15) is 34.0 Å². The molecule has 5 heteroatoms. The van der Waals surface area contributed by atoms with E-state index in [-0.39, 0.29) is 0 Å². The smallest absolute Gasteiger partial charge is 0.335 e. The van der Waals surface area contributed by atoms with Crippen LogP contribution >= 0.6 is 0 Å². The van der Waals surface area contributed by atoms with E-state index in [1.807, 2.05) is 6.07 Å². The van der Waals surface area contributed by atoms with Crippen molar-refractivity contribution in [2.75, 3.05) is 32.7 Å². The van der Waals surface area contributed by atoms with E-state index >= 15 is 0 Å². The summed E-state index contributed by atoms with van der Waals surface area (Å²) in [6, 6.07) is 15.7. The zero-order chi connectivity index (χ0) is 19.1. The van der Waals surface area contributed by atoms with Gasteiger partial charge < -0.3 is 15.3 Å². The second-order valence-electron chi connectivity index (χ2n) is 7.09. The van der Waals surface area contributed by atoms with E-state index in [4.69, 9.17) is 5.11 Å². The number of nitrogens with zero attached hydrogens (tertiary/aromatic N) is 2. The maximum absolute atomic E-state index is 11.1. The third-order valence-corrected chi connectivity index (χ3v) is 5.24. The van der Waals surface area contributed by atoms with Gasteiger partial charge in [0.2, 0.25) is 0 Å². The molecule has 144 valence electrons. The number of carboxylic acids is 1. The molecular formula is C22H29N3O2. The normalized spacial score (nSPS) is 15.7. The average Bonchev–Trinajstić information content (AvgIpc) is 2.70. The number of aromatic carboxylic acids is 1. The predicted molar refractivity (Wildman–Crippen MR) is 108 cm³/mol. The summed E-state index contributed by atoms with van der Waals surface area (Å²) in [5.41, 5.74) is 4.00. The maximum atomic E-state index is 11.1. The van der Waals surface area contributed by atoms with Crippen molar-refractivity contribution in [3.05, 3.63) is 70.8 Å². The third-order valence-electron chi connectivity index (χ3n) is 5.24. The van der Waals surface area contributed by atoms with Crippen molar-refractivity contribution in [2.45, 2.75) is 26.6 Å². The number of carbonyl (C=O) groups is 1. The van der Waals surface area contributed by atoms with Crippen molar-refractivity contribution in [1.29, 1.82) is 0 Å². The zero-order valence-electron chi connectivity index (χ0n) is 16.0. The Labute approximate surface area is 161 Å². The first-order chi connectivity index (χ1) is 13.2. The van der Waals surface area contributed by atoms with E-state index in [0.29, 0.717) is 12.1 Å². The second-order valence-corrected chi connectivity index (χ2v) is 7.09. The molecule has 1 heterocycles. The van der Waals surface area contributed by atoms with E-state index in [0.717, 1.165) is 51.4 Å². The fraction of sp³-hybridized carbons (Fsp3) is 0.409. The van der Waals surface area contributed by atoms with Gasteiger partial charge in [-0.2, -0.15) is 0 Å². The third kappa shape index (κ3) is 5.63. The molecule has 0 aromatic heterocycles. The summed E-state index contributed by atoms with van der Waals surface area (Å²) in [6.45, 7) is 10.3. The molecule has 0 amide bonds. The Balaban J connectivity index is 1.55. The molecule has 0 saturated carbocycles. The van der Waals surface area contributed by atoms with Crippen molar-refractivity contribution in [3.8, 4) is 0 Å². The van der Waals surface area contributed by atoms with Gasteiger partial charge in [0.05, 0.1) is 5.56 Å². The highest BCUT2D eigenvalue weighted by molar-refractivity contribution is 5.87. The largest absolute Gasteiger partial charge is 0.478 e. The molecule has 2 N–H and O–H groups in total. The van der Waals surface area contributed by atoms with Crippen LogP contribution < -0.4 is 5.32 Å². The average molecular weight is 367 g/mol. The van der Waals surface area contributed by atoms with Crippen molar-refractivity contribution < 1.29 is 9.90 Å². The SMILES string of the molecule is CCN1CCN(Cc2ccccc2CNCc2cccc(C(=O)O)c2)CC1. The van der Waals surface area contributed by atoms with Gasteiger partial charge in [-0.05, 0) is 35.4 Å². The first kappa shape index (κ1) is 19.5. The molecule has 0 atom stereocenters. The van der Waals surface area contributed by atoms with E-state index in [1.165, 1.54) is 11.1 Å². The molecule has 0 spiro atoms. The van der Waals surface area contributed by atoms with Crippen LogP contribution in [0.3, 0.4) is 0 Å². The van der Waals surface area contributed by atoms with Gasteiger partial charge in [-0.15, -0.1) is 0 Å². The lowest BCUT2D eigenvalue weighted by Crippen LogP contribution is -2.45. The molecule has 0 aliphatic carbocycles. The van der Waals surface area contributed by atoms with Crippen molar-refractivity contribution in [1.82, 2.24) is 15.1 Å². The minimum atomic E-state index is -0.884. The number of piperazine rings is 1. The maximum Gasteiger partial charge on any atom is 0.335 e. The highest BCUT2D eigenvalue weighted by Crippen LogP contribution is 2.14. The summed E-state index contributed by atoms with van der Waals surface area (Å²) in [4.78, 5) is 16.1. The molecule has 3 rings (SSSR count). The van der Waals surface area contributed by atoms with Crippen LogP contribution in [0.4, 0.5) is 0 Å². The number of carboxylic acid groups (broad SMARTS) is 1. The van der Waals surface area contributed by atoms with Gasteiger partial charge in [-0.25, -0.2) is 4.79 Å².